The van der Waals surface area contributed by atoms with Crippen molar-refractivity contribution in [1.29, 1.82) is 0 Å². The highest BCUT2D eigenvalue weighted by Gasteiger charge is 2.53. The SMILES string of the molecule is O=C(OC[C@H]1O[C@@H](OCCCc2ccccc2)[C@H](OC(=O)c2ccccc2)[C@@H](OC(=O)c2ccccc2)[C@@H]1OC(=O)c1ccccc1)c1ccccc1. The fourth-order valence-corrected chi connectivity index (χ4v) is 5.78. The van der Waals surface area contributed by atoms with E-state index in [4.69, 9.17) is 28.4 Å². The van der Waals surface area contributed by atoms with Crippen molar-refractivity contribution >= 4 is 23.9 Å². The van der Waals surface area contributed by atoms with Gasteiger partial charge in [0.15, 0.2) is 24.6 Å². The zero-order valence-corrected chi connectivity index (χ0v) is 28.7. The lowest BCUT2D eigenvalue weighted by Gasteiger charge is -2.44. The molecule has 0 spiro atoms. The quantitative estimate of drug-likeness (QED) is 0.0682. The molecule has 0 saturated carbocycles. The van der Waals surface area contributed by atoms with E-state index in [0.717, 1.165) is 5.56 Å². The normalized spacial score (nSPS) is 19.4. The summed E-state index contributed by atoms with van der Waals surface area (Å²) in [4.78, 5) is 54.1. The van der Waals surface area contributed by atoms with Gasteiger partial charge >= 0.3 is 23.9 Å². The molecule has 53 heavy (non-hydrogen) atoms. The maximum atomic E-state index is 13.7. The molecule has 10 nitrogen and oxygen atoms in total. The smallest absolute Gasteiger partial charge is 0.338 e. The van der Waals surface area contributed by atoms with Crippen LogP contribution < -0.4 is 0 Å². The third-order valence-electron chi connectivity index (χ3n) is 8.47. The molecule has 5 aromatic rings. The highest BCUT2D eigenvalue weighted by atomic mass is 16.7. The van der Waals surface area contributed by atoms with Gasteiger partial charge in [-0.05, 0) is 66.9 Å². The average molecular weight is 715 g/mol. The lowest BCUT2D eigenvalue weighted by molar-refractivity contribution is -0.298. The third-order valence-corrected chi connectivity index (χ3v) is 8.47. The second-order valence-electron chi connectivity index (χ2n) is 12.2. The maximum Gasteiger partial charge on any atom is 0.338 e. The number of benzene rings is 5. The topological polar surface area (TPSA) is 124 Å². The van der Waals surface area contributed by atoms with Crippen LogP contribution in [-0.4, -0.2) is 67.8 Å². The maximum absolute atomic E-state index is 13.7. The predicted octanol–water partition coefficient (Wildman–Crippen LogP) is 6.89. The van der Waals surface area contributed by atoms with E-state index in [2.05, 4.69) is 0 Å². The number of carbonyl (C=O) groups excluding carboxylic acids is 4. The van der Waals surface area contributed by atoms with E-state index < -0.39 is 61.2 Å². The monoisotopic (exact) mass is 714 g/mol. The molecule has 0 radical (unpaired) electrons. The summed E-state index contributed by atoms with van der Waals surface area (Å²) in [5.41, 5.74) is 2.02. The number of aryl methyl sites for hydroxylation is 1. The molecule has 10 heteroatoms. The first kappa shape index (κ1) is 36.7. The summed E-state index contributed by atoms with van der Waals surface area (Å²) < 4.78 is 36.5. The van der Waals surface area contributed by atoms with Crippen LogP contribution in [-0.2, 0) is 34.8 Å². The van der Waals surface area contributed by atoms with Gasteiger partial charge in [0.25, 0.3) is 0 Å². The van der Waals surface area contributed by atoms with Crippen molar-refractivity contribution < 1.29 is 47.6 Å². The number of hydrogen-bond donors (Lipinski definition) is 0. The minimum atomic E-state index is -1.48. The number of carbonyl (C=O) groups is 4. The van der Waals surface area contributed by atoms with Gasteiger partial charge in [-0.2, -0.15) is 0 Å². The van der Waals surface area contributed by atoms with Crippen LogP contribution in [0.15, 0.2) is 152 Å². The van der Waals surface area contributed by atoms with Gasteiger partial charge in [0.1, 0.15) is 12.7 Å². The molecule has 0 aromatic heterocycles. The van der Waals surface area contributed by atoms with Gasteiger partial charge in [-0.1, -0.05) is 103 Å². The highest BCUT2D eigenvalue weighted by molar-refractivity contribution is 5.91. The Bertz CT molecular complexity index is 1920. The van der Waals surface area contributed by atoms with Crippen LogP contribution in [0.25, 0.3) is 0 Å². The van der Waals surface area contributed by atoms with E-state index in [0.29, 0.717) is 12.8 Å². The summed E-state index contributed by atoms with van der Waals surface area (Å²) in [6, 6.07) is 42.9. The van der Waals surface area contributed by atoms with Crippen LogP contribution in [0.1, 0.15) is 53.4 Å². The molecule has 0 aliphatic carbocycles. The molecule has 1 saturated heterocycles. The first-order valence-electron chi connectivity index (χ1n) is 17.3. The minimum Gasteiger partial charge on any atom is -0.459 e. The van der Waals surface area contributed by atoms with Gasteiger partial charge < -0.3 is 28.4 Å². The molecule has 0 unspecified atom stereocenters. The van der Waals surface area contributed by atoms with E-state index in [1.54, 1.807) is 121 Å². The van der Waals surface area contributed by atoms with Crippen LogP contribution in [0.3, 0.4) is 0 Å². The van der Waals surface area contributed by atoms with E-state index in [-0.39, 0.29) is 28.9 Å². The molecule has 1 aliphatic heterocycles. The van der Waals surface area contributed by atoms with Gasteiger partial charge in [-0.3, -0.25) is 0 Å². The van der Waals surface area contributed by atoms with Crippen molar-refractivity contribution in [3.8, 4) is 0 Å². The summed E-state index contributed by atoms with van der Waals surface area (Å²) in [6.45, 7) is -0.271. The Morgan fingerprint density at radius 1 is 0.472 bits per heavy atom. The van der Waals surface area contributed by atoms with Gasteiger partial charge in [-0.15, -0.1) is 0 Å². The molecule has 5 atom stereocenters. The Labute approximate surface area is 307 Å². The Morgan fingerprint density at radius 3 is 1.34 bits per heavy atom. The summed E-state index contributed by atoms with van der Waals surface area (Å²) >= 11 is 0. The number of ether oxygens (including phenoxy) is 6. The Morgan fingerprint density at radius 2 is 0.868 bits per heavy atom. The van der Waals surface area contributed by atoms with E-state index in [9.17, 15) is 19.2 Å². The molecule has 6 rings (SSSR count). The van der Waals surface area contributed by atoms with Crippen LogP contribution in [0.2, 0.25) is 0 Å². The Kier molecular flexibility index (Phi) is 12.7. The van der Waals surface area contributed by atoms with Crippen molar-refractivity contribution in [2.24, 2.45) is 0 Å². The lowest BCUT2D eigenvalue weighted by Crippen LogP contribution is -2.63. The highest BCUT2D eigenvalue weighted by Crippen LogP contribution is 2.32. The molecule has 0 amide bonds. The van der Waals surface area contributed by atoms with Gasteiger partial charge in [-0.25, -0.2) is 19.2 Å². The Hall–Kier alpha value is -6.10. The second-order valence-corrected chi connectivity index (χ2v) is 12.2. The molecule has 0 N–H and O–H groups in total. The number of esters is 4. The third kappa shape index (κ3) is 10.0. The van der Waals surface area contributed by atoms with E-state index in [1.165, 1.54) is 0 Å². The zero-order valence-electron chi connectivity index (χ0n) is 28.7. The predicted molar refractivity (Wildman–Crippen MR) is 193 cm³/mol. The molecule has 5 aromatic carbocycles. The van der Waals surface area contributed by atoms with Gasteiger partial charge in [0, 0.05) is 0 Å². The van der Waals surface area contributed by atoms with Crippen molar-refractivity contribution in [2.75, 3.05) is 13.2 Å². The Balaban J connectivity index is 1.35. The second kappa shape index (κ2) is 18.4. The molecule has 0 bridgehead atoms. The van der Waals surface area contributed by atoms with Crippen molar-refractivity contribution in [3.05, 3.63) is 179 Å². The molecular formula is C43H38O10. The van der Waals surface area contributed by atoms with Crippen LogP contribution in [0.5, 0.6) is 0 Å². The van der Waals surface area contributed by atoms with Crippen molar-refractivity contribution in [1.82, 2.24) is 0 Å². The van der Waals surface area contributed by atoms with E-state index in [1.807, 2.05) is 30.3 Å². The number of hydrogen-bond acceptors (Lipinski definition) is 10. The van der Waals surface area contributed by atoms with E-state index >= 15 is 0 Å². The molecule has 1 heterocycles. The minimum absolute atomic E-state index is 0.156. The first-order chi connectivity index (χ1) is 26.0. The van der Waals surface area contributed by atoms with Crippen molar-refractivity contribution in [2.45, 2.75) is 43.5 Å². The fraction of sp³-hybridized carbons (Fsp3) is 0.209. The molecule has 1 fully saturated rings. The van der Waals surface area contributed by atoms with Crippen molar-refractivity contribution in [3.63, 3.8) is 0 Å². The first-order valence-corrected chi connectivity index (χ1v) is 17.3. The standard InChI is InChI=1S/C43H38O10/c44-39(31-20-8-2-9-21-31)49-29-35-36(51-40(45)32-22-10-3-11-23-32)37(52-41(46)33-24-12-4-13-25-33)38(53-42(47)34-26-14-5-15-27-34)43(50-35)48-28-16-19-30-17-6-1-7-18-30/h1-15,17-18,20-27,35-38,43H,16,19,28-29H2/t35-,36-,37+,38-,43-/m1/s1. The fourth-order valence-electron chi connectivity index (χ4n) is 5.78. The molecular weight excluding hydrogens is 676 g/mol. The molecule has 1 aliphatic rings. The zero-order chi connectivity index (χ0) is 36.8. The molecule has 270 valence electrons. The van der Waals surface area contributed by atoms with Crippen LogP contribution in [0.4, 0.5) is 0 Å². The summed E-state index contributed by atoms with van der Waals surface area (Å²) in [5, 5.41) is 0. The average Bonchev–Trinajstić information content (AvgIpc) is 3.22. The van der Waals surface area contributed by atoms with Crippen LogP contribution >= 0.6 is 0 Å². The van der Waals surface area contributed by atoms with Crippen LogP contribution in [0, 0.1) is 0 Å². The summed E-state index contributed by atoms with van der Waals surface area (Å²) in [6.07, 6.45) is -5.65. The summed E-state index contributed by atoms with van der Waals surface area (Å²) in [7, 11) is 0. The van der Waals surface area contributed by atoms with Gasteiger partial charge in [0.05, 0.1) is 28.9 Å². The largest absolute Gasteiger partial charge is 0.459 e. The summed E-state index contributed by atoms with van der Waals surface area (Å²) in [5.74, 6) is -2.95. The van der Waals surface area contributed by atoms with Gasteiger partial charge in [0.2, 0.25) is 0 Å². The number of rotatable bonds is 14. The lowest BCUT2D eigenvalue weighted by atomic mass is 9.97.